The van der Waals surface area contributed by atoms with Crippen LogP contribution in [0, 0.1) is 0 Å². The number of rotatable bonds is 4. The van der Waals surface area contributed by atoms with Crippen LogP contribution < -0.4 is 9.47 Å². The van der Waals surface area contributed by atoms with Gasteiger partial charge in [-0.15, -0.1) is 0 Å². The number of carboxylic acid groups (broad SMARTS) is 1. The first-order chi connectivity index (χ1) is 8.69. The van der Waals surface area contributed by atoms with Crippen molar-refractivity contribution in [2.24, 2.45) is 0 Å². The van der Waals surface area contributed by atoms with Gasteiger partial charge in [0.05, 0.1) is 0 Å². The Labute approximate surface area is 105 Å². The Bertz CT molecular complexity index is 515. The Hall–Kier alpha value is -2.23. The van der Waals surface area contributed by atoms with E-state index in [-0.39, 0.29) is 6.79 Å². The highest BCUT2D eigenvalue weighted by atomic mass is 16.7. The molecule has 1 aromatic rings. The first-order valence-electron chi connectivity index (χ1n) is 5.70. The third-order valence-corrected chi connectivity index (χ3v) is 2.60. The molecule has 1 aliphatic rings. The van der Waals surface area contributed by atoms with Crippen molar-refractivity contribution in [3.8, 4) is 11.5 Å². The molecule has 18 heavy (non-hydrogen) atoms. The third-order valence-electron chi connectivity index (χ3n) is 2.60. The Balaban J connectivity index is 2.22. The van der Waals surface area contributed by atoms with Crippen molar-refractivity contribution in [1.82, 2.24) is 0 Å². The van der Waals surface area contributed by atoms with Crippen LogP contribution in [-0.2, 0) is 4.79 Å². The molecular weight excluding hydrogens is 232 g/mol. The molecule has 0 radical (unpaired) electrons. The molecular formula is C14H14O4. The van der Waals surface area contributed by atoms with Gasteiger partial charge in [-0.1, -0.05) is 25.1 Å². The quantitative estimate of drug-likeness (QED) is 0.655. The third kappa shape index (κ3) is 2.91. The molecule has 4 heteroatoms. The average molecular weight is 246 g/mol. The fourth-order valence-corrected chi connectivity index (χ4v) is 1.66. The van der Waals surface area contributed by atoms with Crippen molar-refractivity contribution < 1.29 is 19.4 Å². The zero-order valence-electron chi connectivity index (χ0n) is 10.1. The summed E-state index contributed by atoms with van der Waals surface area (Å²) in [5, 5.41) is 8.60. The highest BCUT2D eigenvalue weighted by molar-refractivity contribution is 5.80. The molecule has 0 atom stereocenters. The molecule has 0 saturated carbocycles. The highest BCUT2D eigenvalue weighted by Gasteiger charge is 2.12. The van der Waals surface area contributed by atoms with Crippen LogP contribution in [0.5, 0.6) is 11.5 Å². The SMILES string of the molecule is CCC(/C=C\C(=O)O)=C\c1ccc2c(c1)OCO2. The number of hydrogen-bond acceptors (Lipinski definition) is 3. The maximum atomic E-state index is 10.5. The summed E-state index contributed by atoms with van der Waals surface area (Å²) in [4.78, 5) is 10.5. The number of aliphatic carboxylic acids is 1. The van der Waals surface area contributed by atoms with E-state index in [1.807, 2.05) is 31.2 Å². The second-order valence-electron chi connectivity index (χ2n) is 3.86. The number of fused-ring (bicyclic) bond motifs is 1. The van der Waals surface area contributed by atoms with Crippen LogP contribution in [0.15, 0.2) is 35.9 Å². The fourth-order valence-electron chi connectivity index (χ4n) is 1.66. The summed E-state index contributed by atoms with van der Waals surface area (Å²) >= 11 is 0. The zero-order valence-corrected chi connectivity index (χ0v) is 10.1. The maximum absolute atomic E-state index is 10.5. The van der Waals surface area contributed by atoms with Gasteiger partial charge in [0.2, 0.25) is 6.79 Å². The predicted molar refractivity (Wildman–Crippen MR) is 67.6 cm³/mol. The minimum Gasteiger partial charge on any atom is -0.478 e. The lowest BCUT2D eigenvalue weighted by molar-refractivity contribution is -0.131. The molecule has 0 saturated heterocycles. The number of carboxylic acids is 1. The smallest absolute Gasteiger partial charge is 0.328 e. The molecule has 0 fully saturated rings. The van der Waals surface area contributed by atoms with Crippen molar-refractivity contribution in [2.75, 3.05) is 6.79 Å². The van der Waals surface area contributed by atoms with Gasteiger partial charge in [-0.25, -0.2) is 4.79 Å². The number of allylic oxidation sites excluding steroid dienone is 2. The van der Waals surface area contributed by atoms with Gasteiger partial charge in [0.1, 0.15) is 0 Å². The van der Waals surface area contributed by atoms with Crippen LogP contribution in [0.4, 0.5) is 0 Å². The van der Waals surface area contributed by atoms with Crippen LogP contribution in [0.2, 0.25) is 0 Å². The summed E-state index contributed by atoms with van der Waals surface area (Å²) in [6, 6.07) is 5.65. The summed E-state index contributed by atoms with van der Waals surface area (Å²) in [5.74, 6) is 0.521. The van der Waals surface area contributed by atoms with Crippen LogP contribution in [-0.4, -0.2) is 17.9 Å². The van der Waals surface area contributed by atoms with Crippen molar-refractivity contribution in [2.45, 2.75) is 13.3 Å². The van der Waals surface area contributed by atoms with Gasteiger partial charge in [0, 0.05) is 6.08 Å². The Morgan fingerprint density at radius 1 is 1.33 bits per heavy atom. The molecule has 0 aromatic heterocycles. The first-order valence-corrected chi connectivity index (χ1v) is 5.70. The zero-order chi connectivity index (χ0) is 13.0. The Morgan fingerprint density at radius 3 is 2.83 bits per heavy atom. The van der Waals surface area contributed by atoms with Gasteiger partial charge in [0.15, 0.2) is 11.5 Å². The molecule has 1 heterocycles. The molecule has 0 aliphatic carbocycles. The second-order valence-corrected chi connectivity index (χ2v) is 3.86. The first kappa shape index (κ1) is 12.2. The monoisotopic (exact) mass is 246 g/mol. The van der Waals surface area contributed by atoms with Gasteiger partial charge >= 0.3 is 5.97 Å². The van der Waals surface area contributed by atoms with Gasteiger partial charge < -0.3 is 14.6 Å². The van der Waals surface area contributed by atoms with Crippen molar-refractivity contribution >= 4 is 12.0 Å². The molecule has 0 amide bonds. The largest absolute Gasteiger partial charge is 0.478 e. The lowest BCUT2D eigenvalue weighted by Gasteiger charge is -2.00. The maximum Gasteiger partial charge on any atom is 0.328 e. The lowest BCUT2D eigenvalue weighted by atomic mass is 10.1. The Kier molecular flexibility index (Phi) is 3.67. The number of ether oxygens (including phenoxy) is 2. The van der Waals surface area contributed by atoms with E-state index in [1.165, 1.54) is 0 Å². The van der Waals surface area contributed by atoms with Crippen molar-refractivity contribution in [3.05, 3.63) is 41.5 Å². The second kappa shape index (κ2) is 5.40. The van der Waals surface area contributed by atoms with Gasteiger partial charge in [-0.3, -0.25) is 0 Å². The van der Waals surface area contributed by atoms with E-state index in [9.17, 15) is 4.79 Å². The molecule has 4 nitrogen and oxygen atoms in total. The number of benzene rings is 1. The van der Waals surface area contributed by atoms with Crippen LogP contribution in [0.1, 0.15) is 18.9 Å². The minimum absolute atomic E-state index is 0.252. The topological polar surface area (TPSA) is 55.8 Å². The summed E-state index contributed by atoms with van der Waals surface area (Å²) < 4.78 is 10.5. The molecule has 0 unspecified atom stereocenters. The van der Waals surface area contributed by atoms with Crippen molar-refractivity contribution in [1.29, 1.82) is 0 Å². The standard InChI is InChI=1S/C14H14O4/c1-2-10(4-6-14(15)16)7-11-3-5-12-13(8-11)18-9-17-12/h3-8H,2,9H2,1H3,(H,15,16)/b6-4-,10-7+. The summed E-state index contributed by atoms with van der Waals surface area (Å²) in [7, 11) is 0. The van der Waals surface area contributed by atoms with Gasteiger partial charge in [0.25, 0.3) is 0 Å². The van der Waals surface area contributed by atoms with Gasteiger partial charge in [-0.05, 0) is 29.7 Å². The van der Waals surface area contributed by atoms with E-state index in [1.54, 1.807) is 6.08 Å². The summed E-state index contributed by atoms with van der Waals surface area (Å²) in [6.45, 7) is 2.23. The molecule has 1 aromatic carbocycles. The van der Waals surface area contributed by atoms with Crippen LogP contribution >= 0.6 is 0 Å². The lowest BCUT2D eigenvalue weighted by Crippen LogP contribution is -1.92. The molecule has 1 aliphatic heterocycles. The van der Waals surface area contributed by atoms with Gasteiger partial charge in [-0.2, -0.15) is 0 Å². The van der Waals surface area contributed by atoms with E-state index < -0.39 is 5.97 Å². The number of hydrogen-bond donors (Lipinski definition) is 1. The minimum atomic E-state index is -0.944. The molecule has 94 valence electrons. The summed E-state index contributed by atoms with van der Waals surface area (Å²) in [5.41, 5.74) is 1.91. The van der Waals surface area contributed by atoms with E-state index in [0.29, 0.717) is 0 Å². The molecule has 1 N–H and O–H groups in total. The van der Waals surface area contributed by atoms with Crippen molar-refractivity contribution in [3.63, 3.8) is 0 Å². The predicted octanol–water partition coefficient (Wildman–Crippen LogP) is 2.85. The molecule has 2 rings (SSSR count). The Morgan fingerprint density at radius 2 is 2.11 bits per heavy atom. The van der Waals surface area contributed by atoms with E-state index in [4.69, 9.17) is 14.6 Å². The normalized spacial score (nSPS) is 14.2. The van der Waals surface area contributed by atoms with E-state index in [2.05, 4.69) is 0 Å². The van der Waals surface area contributed by atoms with E-state index >= 15 is 0 Å². The fraction of sp³-hybridized carbons (Fsp3) is 0.214. The number of carbonyl (C=O) groups is 1. The van der Waals surface area contributed by atoms with Crippen LogP contribution in [0.25, 0.3) is 6.08 Å². The molecule has 0 spiro atoms. The molecule has 0 bridgehead atoms. The highest BCUT2D eigenvalue weighted by Crippen LogP contribution is 2.33. The average Bonchev–Trinajstić information content (AvgIpc) is 2.81. The summed E-state index contributed by atoms with van der Waals surface area (Å²) in [6.07, 6.45) is 5.44. The van der Waals surface area contributed by atoms with Crippen LogP contribution in [0.3, 0.4) is 0 Å². The van der Waals surface area contributed by atoms with E-state index in [0.717, 1.165) is 35.1 Å².